The van der Waals surface area contributed by atoms with Crippen molar-refractivity contribution in [2.24, 2.45) is 40.4 Å². The summed E-state index contributed by atoms with van der Waals surface area (Å²) in [6, 6.07) is 0. The van der Waals surface area contributed by atoms with Crippen LogP contribution in [0.3, 0.4) is 0 Å². The summed E-state index contributed by atoms with van der Waals surface area (Å²) in [6.45, 7) is 4.59. The van der Waals surface area contributed by atoms with Gasteiger partial charge in [-0.2, -0.15) is 0 Å². The largest absolute Gasteiger partial charge is 0.508 e. The predicted octanol–water partition coefficient (Wildman–Crippen LogP) is 4.34. The third-order valence-corrected chi connectivity index (χ3v) is 11.8. The van der Waals surface area contributed by atoms with Gasteiger partial charge in [0, 0.05) is 23.2 Å². The molecule has 0 aromatic heterocycles. The van der Waals surface area contributed by atoms with Crippen molar-refractivity contribution in [3.63, 3.8) is 0 Å². The molecule has 5 rings (SSSR count). The number of aliphatic hydroxyl groups excluding tert-OH is 1. The van der Waals surface area contributed by atoms with Crippen LogP contribution in [0.5, 0.6) is 0 Å². The van der Waals surface area contributed by atoms with Crippen LogP contribution in [0.1, 0.15) is 78.6 Å². The number of alkyl halides is 1. The number of aliphatic hydroxyl groups is 2. The maximum atomic E-state index is 17.3. The molecule has 3 N–H and O–H groups in total. The van der Waals surface area contributed by atoms with E-state index in [1.54, 1.807) is 26.8 Å². The number of hydrogen-bond donors (Lipinski definition) is 3. The molecule has 0 aromatic carbocycles. The number of carboxylic acids is 1. The molecule has 0 aliphatic heterocycles. The topological polar surface area (TPSA) is 147 Å². The van der Waals surface area contributed by atoms with Crippen LogP contribution >= 0.6 is 0 Å². The van der Waals surface area contributed by atoms with E-state index in [2.05, 4.69) is 0 Å². The average Bonchev–Trinajstić information content (AvgIpc) is 3.13. The SMILES string of the molecule is C[C@@H]1C[C@H]2[C@@H]3CCC4=CC(=O)C=C[C@]4(C)[C@@]3(F)[C@@H](O)C[C@]2(C)[C@@]1(O)C(=O)COC(=O)OCC1CCC(CC(=O)O)CC1. The Morgan fingerprint density at radius 1 is 1.05 bits per heavy atom. The number of hydrogen-bond acceptors (Lipinski definition) is 8. The lowest BCUT2D eigenvalue weighted by Crippen LogP contribution is -2.69. The lowest BCUT2D eigenvalue weighted by atomic mass is 9.44. The van der Waals surface area contributed by atoms with Crippen molar-refractivity contribution in [2.75, 3.05) is 13.2 Å². The summed E-state index contributed by atoms with van der Waals surface area (Å²) in [5.74, 6) is -3.12. The number of halogens is 1. The number of carbonyl (C=O) groups excluding carboxylic acids is 3. The van der Waals surface area contributed by atoms with Crippen molar-refractivity contribution in [2.45, 2.75) is 95.9 Å². The normalized spacial score (nSPS) is 44.3. The van der Waals surface area contributed by atoms with E-state index >= 15 is 4.39 Å². The standard InChI is InChI=1S/C32H43FO9/c1-18-12-24-23-9-8-21-14-22(34)10-11-29(21,2)31(23,33)25(35)15-30(24,3)32(18,40)26(36)17-42-28(39)41-16-20-6-4-19(5-7-20)13-27(37)38/h10-11,14,18-20,23-25,35,40H,4-9,12-13,15-17H2,1-3H3,(H,37,38)/t18-,19?,20?,23+,24+,25+,29+,30+,31+,32+/m1/s1. The molecule has 0 unspecified atom stereocenters. The molecule has 0 spiro atoms. The second-order valence-corrected chi connectivity index (χ2v) is 13.9. The highest BCUT2D eigenvalue weighted by Crippen LogP contribution is 2.70. The maximum Gasteiger partial charge on any atom is 0.508 e. The zero-order valence-electron chi connectivity index (χ0n) is 24.6. The first-order valence-corrected chi connectivity index (χ1v) is 15.2. The number of rotatable bonds is 7. The Hall–Kier alpha value is -2.59. The van der Waals surface area contributed by atoms with Gasteiger partial charge in [-0.1, -0.05) is 25.5 Å². The molecule has 0 saturated heterocycles. The minimum atomic E-state index is -2.07. The summed E-state index contributed by atoms with van der Waals surface area (Å²) < 4.78 is 27.7. The van der Waals surface area contributed by atoms with Gasteiger partial charge in [0.15, 0.2) is 18.1 Å². The Labute approximate surface area is 245 Å². The van der Waals surface area contributed by atoms with Gasteiger partial charge in [-0.15, -0.1) is 0 Å². The Morgan fingerprint density at radius 2 is 1.71 bits per heavy atom. The predicted molar refractivity (Wildman–Crippen MR) is 148 cm³/mol. The second-order valence-electron chi connectivity index (χ2n) is 13.9. The number of fused-ring (bicyclic) bond motifs is 5. The minimum absolute atomic E-state index is 0.0894. The van der Waals surface area contributed by atoms with Crippen LogP contribution in [0, 0.1) is 40.4 Å². The number of aliphatic carboxylic acids is 1. The average molecular weight is 591 g/mol. The van der Waals surface area contributed by atoms with Gasteiger partial charge in [0.05, 0.1) is 12.7 Å². The van der Waals surface area contributed by atoms with Crippen molar-refractivity contribution in [1.82, 2.24) is 0 Å². The van der Waals surface area contributed by atoms with E-state index in [-0.39, 0.29) is 37.1 Å². The molecule has 0 aromatic rings. The first-order valence-electron chi connectivity index (χ1n) is 15.2. The van der Waals surface area contributed by atoms with E-state index in [0.29, 0.717) is 24.8 Å². The van der Waals surface area contributed by atoms with Gasteiger partial charge in [-0.25, -0.2) is 9.18 Å². The molecule has 10 heteroatoms. The summed E-state index contributed by atoms with van der Waals surface area (Å²) in [5, 5.41) is 32.4. The van der Waals surface area contributed by atoms with Gasteiger partial charge < -0.3 is 24.8 Å². The number of carbonyl (C=O) groups is 4. The van der Waals surface area contributed by atoms with E-state index in [0.717, 1.165) is 25.7 Å². The number of allylic oxidation sites excluding steroid dienone is 4. The zero-order valence-corrected chi connectivity index (χ0v) is 24.6. The fraction of sp³-hybridized carbons (Fsp3) is 0.750. The molecular formula is C32H43FO9. The zero-order chi connectivity index (χ0) is 30.7. The van der Waals surface area contributed by atoms with E-state index in [1.807, 2.05) is 0 Å². The minimum Gasteiger partial charge on any atom is -0.481 e. The molecule has 232 valence electrons. The first-order chi connectivity index (χ1) is 19.7. The number of carboxylic acid groups (broad SMARTS) is 1. The molecule has 8 atom stereocenters. The Kier molecular flexibility index (Phi) is 7.97. The van der Waals surface area contributed by atoms with E-state index in [1.165, 1.54) is 12.2 Å². The molecule has 5 aliphatic rings. The Balaban J connectivity index is 1.23. The second kappa shape index (κ2) is 10.8. The van der Waals surface area contributed by atoms with E-state index in [9.17, 15) is 29.4 Å². The van der Waals surface area contributed by atoms with Crippen molar-refractivity contribution < 1.29 is 48.4 Å². The van der Waals surface area contributed by atoms with Crippen molar-refractivity contribution in [3.05, 3.63) is 23.8 Å². The molecule has 0 heterocycles. The molecule has 0 amide bonds. The number of Topliss-reactive ketones (excluding diaryl/α,β-unsaturated/α-hetero) is 1. The lowest BCUT2D eigenvalue weighted by molar-refractivity contribution is -0.219. The molecular weight excluding hydrogens is 547 g/mol. The van der Waals surface area contributed by atoms with Gasteiger partial charge in [0.1, 0.15) is 5.60 Å². The van der Waals surface area contributed by atoms with Crippen LogP contribution in [0.4, 0.5) is 9.18 Å². The number of ether oxygens (including phenoxy) is 2. The third-order valence-electron chi connectivity index (χ3n) is 11.8. The van der Waals surface area contributed by atoms with Crippen LogP contribution in [-0.4, -0.2) is 69.6 Å². The molecule has 0 radical (unpaired) electrons. The molecule has 4 fully saturated rings. The van der Waals surface area contributed by atoms with Crippen LogP contribution in [0.15, 0.2) is 23.8 Å². The summed E-state index contributed by atoms with van der Waals surface area (Å²) >= 11 is 0. The monoisotopic (exact) mass is 590 g/mol. The fourth-order valence-corrected chi connectivity index (χ4v) is 9.45. The highest BCUT2D eigenvalue weighted by molar-refractivity contribution is 6.01. The maximum absolute atomic E-state index is 17.3. The van der Waals surface area contributed by atoms with Gasteiger partial charge in [0.2, 0.25) is 5.78 Å². The van der Waals surface area contributed by atoms with Crippen molar-refractivity contribution in [3.8, 4) is 0 Å². The van der Waals surface area contributed by atoms with Gasteiger partial charge in [0.25, 0.3) is 0 Å². The van der Waals surface area contributed by atoms with Gasteiger partial charge >= 0.3 is 12.1 Å². The smallest absolute Gasteiger partial charge is 0.481 e. The molecule has 0 bridgehead atoms. The number of ketones is 2. The van der Waals surface area contributed by atoms with Crippen molar-refractivity contribution in [1.29, 1.82) is 0 Å². The Morgan fingerprint density at radius 3 is 2.38 bits per heavy atom. The quantitative estimate of drug-likeness (QED) is 0.368. The molecule has 5 aliphatic carbocycles. The van der Waals surface area contributed by atoms with E-state index in [4.69, 9.17) is 14.6 Å². The first kappa shape index (κ1) is 30.9. The molecule has 9 nitrogen and oxygen atoms in total. The van der Waals surface area contributed by atoms with E-state index < -0.39 is 70.5 Å². The van der Waals surface area contributed by atoms with Gasteiger partial charge in [-0.3, -0.25) is 14.4 Å². The highest BCUT2D eigenvalue weighted by atomic mass is 19.1. The van der Waals surface area contributed by atoms with Gasteiger partial charge in [-0.05, 0) is 94.1 Å². The fourth-order valence-electron chi connectivity index (χ4n) is 9.45. The molecule has 4 saturated carbocycles. The van der Waals surface area contributed by atoms with Crippen LogP contribution in [0.2, 0.25) is 0 Å². The highest BCUT2D eigenvalue weighted by Gasteiger charge is 2.75. The molecule has 42 heavy (non-hydrogen) atoms. The Bertz CT molecular complexity index is 1200. The summed E-state index contributed by atoms with van der Waals surface area (Å²) in [6.07, 6.45) is 6.08. The van der Waals surface area contributed by atoms with Crippen molar-refractivity contribution >= 4 is 23.7 Å². The summed E-state index contributed by atoms with van der Waals surface area (Å²) in [4.78, 5) is 48.9. The van der Waals surface area contributed by atoms with Crippen LogP contribution in [0.25, 0.3) is 0 Å². The van der Waals surface area contributed by atoms with Crippen LogP contribution in [-0.2, 0) is 23.9 Å². The lowest BCUT2D eigenvalue weighted by Gasteiger charge is -2.62. The third kappa shape index (κ3) is 4.64. The summed E-state index contributed by atoms with van der Waals surface area (Å²) in [7, 11) is 0. The van der Waals surface area contributed by atoms with Crippen LogP contribution < -0.4 is 0 Å². The summed E-state index contributed by atoms with van der Waals surface area (Å²) in [5.41, 5.74) is -5.68.